The Balaban J connectivity index is 2.17. The predicted octanol–water partition coefficient (Wildman–Crippen LogP) is 1.28. The summed E-state index contributed by atoms with van der Waals surface area (Å²) in [7, 11) is 0. The highest BCUT2D eigenvalue weighted by Crippen LogP contribution is 2.13. The van der Waals surface area contributed by atoms with Crippen molar-refractivity contribution in [3.8, 4) is 0 Å². The van der Waals surface area contributed by atoms with E-state index in [1.165, 1.54) is 0 Å². The van der Waals surface area contributed by atoms with Crippen LogP contribution < -0.4 is 11.1 Å². The van der Waals surface area contributed by atoms with Crippen molar-refractivity contribution in [2.45, 2.75) is 19.9 Å². The molecule has 1 atom stereocenters. The number of nitrogens with one attached hydrogen (secondary N) is 2. The molecule has 1 unspecified atom stereocenters. The first-order valence-corrected chi connectivity index (χ1v) is 6.06. The molecule has 0 spiro atoms. The third kappa shape index (κ3) is 2.51. The van der Waals surface area contributed by atoms with Crippen molar-refractivity contribution in [1.82, 2.24) is 15.5 Å². The van der Waals surface area contributed by atoms with Crippen molar-refractivity contribution < 1.29 is 4.79 Å². The third-order valence-corrected chi connectivity index (χ3v) is 3.08. The summed E-state index contributed by atoms with van der Waals surface area (Å²) in [5, 5.41) is 10.7. The van der Waals surface area contributed by atoms with Crippen LogP contribution in [-0.4, -0.2) is 28.7 Å². The van der Waals surface area contributed by atoms with Gasteiger partial charge in [-0.1, -0.05) is 19.9 Å². The maximum Gasteiger partial charge on any atom is 0.251 e. The molecule has 0 radical (unpaired) electrons. The molecule has 0 saturated heterocycles. The minimum absolute atomic E-state index is 0.00466. The van der Waals surface area contributed by atoms with E-state index in [9.17, 15) is 4.79 Å². The number of hydrogen-bond acceptors (Lipinski definition) is 3. The van der Waals surface area contributed by atoms with Gasteiger partial charge in [0.15, 0.2) is 0 Å². The van der Waals surface area contributed by atoms with Crippen molar-refractivity contribution in [3.05, 3.63) is 30.0 Å². The number of carbonyl (C=O) groups is 1. The SMILES string of the molecule is CC(C)C(CN)NC(=O)c1ccc2cn[nH]c2c1. The largest absolute Gasteiger partial charge is 0.348 e. The molecule has 0 fully saturated rings. The first-order valence-electron chi connectivity index (χ1n) is 6.06. The van der Waals surface area contributed by atoms with Gasteiger partial charge in [-0.3, -0.25) is 9.89 Å². The van der Waals surface area contributed by atoms with Gasteiger partial charge in [0.1, 0.15) is 0 Å². The van der Waals surface area contributed by atoms with Gasteiger partial charge < -0.3 is 11.1 Å². The van der Waals surface area contributed by atoms with Gasteiger partial charge in [-0.15, -0.1) is 0 Å². The van der Waals surface area contributed by atoms with Gasteiger partial charge in [-0.2, -0.15) is 5.10 Å². The molecule has 96 valence electrons. The number of rotatable bonds is 4. The van der Waals surface area contributed by atoms with Crippen molar-refractivity contribution in [2.24, 2.45) is 11.7 Å². The molecule has 2 aromatic rings. The van der Waals surface area contributed by atoms with Gasteiger partial charge >= 0.3 is 0 Å². The molecule has 1 heterocycles. The molecule has 0 bridgehead atoms. The van der Waals surface area contributed by atoms with E-state index in [0.29, 0.717) is 18.0 Å². The number of amides is 1. The topological polar surface area (TPSA) is 83.8 Å². The molecule has 1 aromatic heterocycles. The Morgan fingerprint density at radius 3 is 2.94 bits per heavy atom. The van der Waals surface area contributed by atoms with Crippen LogP contribution in [-0.2, 0) is 0 Å². The summed E-state index contributed by atoms with van der Waals surface area (Å²) < 4.78 is 0. The Morgan fingerprint density at radius 1 is 1.50 bits per heavy atom. The standard InChI is InChI=1S/C13H18N4O/c1-8(2)12(6-14)16-13(18)9-3-4-10-7-15-17-11(10)5-9/h3-5,7-8,12H,6,14H2,1-2H3,(H,15,17)(H,16,18). The Hall–Kier alpha value is -1.88. The van der Waals surface area contributed by atoms with Crippen molar-refractivity contribution in [1.29, 1.82) is 0 Å². The van der Waals surface area contributed by atoms with Crippen LogP contribution in [0, 0.1) is 5.92 Å². The summed E-state index contributed by atoms with van der Waals surface area (Å²) in [6.45, 7) is 4.52. The lowest BCUT2D eigenvalue weighted by Crippen LogP contribution is -2.43. The summed E-state index contributed by atoms with van der Waals surface area (Å²) in [6.07, 6.45) is 1.73. The molecule has 0 aliphatic rings. The Morgan fingerprint density at radius 2 is 2.28 bits per heavy atom. The number of aromatic amines is 1. The number of aromatic nitrogens is 2. The van der Waals surface area contributed by atoms with Gasteiger partial charge in [0.25, 0.3) is 5.91 Å². The normalized spacial score (nSPS) is 12.9. The van der Waals surface area contributed by atoms with Gasteiger partial charge in [0, 0.05) is 23.5 Å². The van der Waals surface area contributed by atoms with Crippen LogP contribution >= 0.6 is 0 Å². The molecule has 18 heavy (non-hydrogen) atoms. The number of nitrogens with zero attached hydrogens (tertiary/aromatic N) is 1. The summed E-state index contributed by atoms with van der Waals surface area (Å²) in [5.74, 6) is 0.213. The highest BCUT2D eigenvalue weighted by atomic mass is 16.1. The average Bonchev–Trinajstić information content (AvgIpc) is 2.82. The van der Waals surface area contributed by atoms with E-state index < -0.39 is 0 Å². The number of fused-ring (bicyclic) bond motifs is 1. The zero-order valence-corrected chi connectivity index (χ0v) is 10.6. The lowest BCUT2D eigenvalue weighted by molar-refractivity contribution is 0.0928. The van der Waals surface area contributed by atoms with Crippen LogP contribution in [0.25, 0.3) is 10.9 Å². The molecule has 5 heteroatoms. The lowest BCUT2D eigenvalue weighted by Gasteiger charge is -2.20. The Kier molecular flexibility index (Phi) is 3.62. The van der Waals surface area contributed by atoms with Crippen LogP contribution in [0.2, 0.25) is 0 Å². The van der Waals surface area contributed by atoms with Crippen molar-refractivity contribution in [2.75, 3.05) is 6.54 Å². The van der Waals surface area contributed by atoms with E-state index in [-0.39, 0.29) is 11.9 Å². The Labute approximate surface area is 106 Å². The molecule has 2 rings (SSSR count). The van der Waals surface area contributed by atoms with Gasteiger partial charge in [0.05, 0.1) is 11.7 Å². The molecule has 1 amide bonds. The van der Waals surface area contributed by atoms with E-state index in [0.717, 1.165) is 10.9 Å². The molecule has 0 saturated carbocycles. The minimum atomic E-state index is -0.101. The Bertz CT molecular complexity index is 547. The van der Waals surface area contributed by atoms with E-state index in [1.54, 1.807) is 18.3 Å². The quantitative estimate of drug-likeness (QED) is 0.759. The van der Waals surface area contributed by atoms with Crippen molar-refractivity contribution >= 4 is 16.8 Å². The number of hydrogen-bond donors (Lipinski definition) is 3. The summed E-state index contributed by atoms with van der Waals surface area (Å²) in [6, 6.07) is 5.46. The number of benzene rings is 1. The van der Waals surface area contributed by atoms with Crippen LogP contribution in [0.15, 0.2) is 24.4 Å². The number of H-pyrrole nitrogens is 1. The van der Waals surface area contributed by atoms with Crippen LogP contribution in [0.1, 0.15) is 24.2 Å². The van der Waals surface area contributed by atoms with E-state index in [4.69, 9.17) is 5.73 Å². The zero-order chi connectivity index (χ0) is 13.1. The lowest BCUT2D eigenvalue weighted by atomic mass is 10.0. The zero-order valence-electron chi connectivity index (χ0n) is 10.6. The first kappa shape index (κ1) is 12.6. The van der Waals surface area contributed by atoms with Gasteiger partial charge in [-0.25, -0.2) is 0 Å². The molecule has 5 nitrogen and oxygen atoms in total. The van der Waals surface area contributed by atoms with Crippen LogP contribution in [0.4, 0.5) is 0 Å². The smallest absolute Gasteiger partial charge is 0.251 e. The molecule has 4 N–H and O–H groups in total. The number of carbonyl (C=O) groups excluding carboxylic acids is 1. The molecular formula is C13H18N4O. The first-order chi connectivity index (χ1) is 8.61. The molecule has 0 aliphatic heterocycles. The second-order valence-corrected chi connectivity index (χ2v) is 4.73. The summed E-state index contributed by atoms with van der Waals surface area (Å²) in [5.41, 5.74) is 7.12. The second-order valence-electron chi connectivity index (χ2n) is 4.73. The third-order valence-electron chi connectivity index (χ3n) is 3.08. The predicted molar refractivity (Wildman–Crippen MR) is 71.2 cm³/mol. The maximum absolute atomic E-state index is 12.1. The maximum atomic E-state index is 12.1. The highest BCUT2D eigenvalue weighted by Gasteiger charge is 2.15. The fourth-order valence-corrected chi connectivity index (χ4v) is 1.83. The van der Waals surface area contributed by atoms with Crippen LogP contribution in [0.5, 0.6) is 0 Å². The summed E-state index contributed by atoms with van der Waals surface area (Å²) >= 11 is 0. The molecule has 0 aliphatic carbocycles. The minimum Gasteiger partial charge on any atom is -0.348 e. The van der Waals surface area contributed by atoms with E-state index in [2.05, 4.69) is 15.5 Å². The average molecular weight is 246 g/mol. The number of nitrogens with two attached hydrogens (primary N) is 1. The summed E-state index contributed by atoms with van der Waals surface area (Å²) in [4.78, 5) is 12.1. The van der Waals surface area contributed by atoms with E-state index in [1.807, 2.05) is 19.9 Å². The van der Waals surface area contributed by atoms with Gasteiger partial charge in [0.2, 0.25) is 0 Å². The molecule has 1 aromatic carbocycles. The fourth-order valence-electron chi connectivity index (χ4n) is 1.83. The van der Waals surface area contributed by atoms with E-state index >= 15 is 0 Å². The van der Waals surface area contributed by atoms with Gasteiger partial charge in [-0.05, 0) is 18.1 Å². The monoisotopic (exact) mass is 246 g/mol. The highest BCUT2D eigenvalue weighted by molar-refractivity contribution is 5.97. The van der Waals surface area contributed by atoms with Crippen LogP contribution in [0.3, 0.4) is 0 Å². The van der Waals surface area contributed by atoms with Crippen molar-refractivity contribution in [3.63, 3.8) is 0 Å². The molecular weight excluding hydrogens is 228 g/mol. The fraction of sp³-hybridized carbons (Fsp3) is 0.385. The second kappa shape index (κ2) is 5.18.